The van der Waals surface area contributed by atoms with Crippen LogP contribution in [0, 0.1) is 5.92 Å². The van der Waals surface area contributed by atoms with Crippen LogP contribution in [0.15, 0.2) is 0 Å². The van der Waals surface area contributed by atoms with Crippen molar-refractivity contribution < 1.29 is 4.79 Å². The van der Waals surface area contributed by atoms with Crippen LogP contribution in [0.1, 0.15) is 52.4 Å². The predicted octanol–water partition coefficient (Wildman–Crippen LogP) is 2.48. The van der Waals surface area contributed by atoms with Gasteiger partial charge in [0, 0.05) is 13.0 Å². The summed E-state index contributed by atoms with van der Waals surface area (Å²) in [6.07, 6.45) is 6.23. The molecule has 0 aromatic rings. The number of carbonyl (C=O) groups is 1. The van der Waals surface area contributed by atoms with Crippen molar-refractivity contribution in [2.45, 2.75) is 52.4 Å². The molecule has 0 aliphatic heterocycles. The largest absolute Gasteiger partial charge is 0.356 e. The lowest BCUT2D eigenvalue weighted by Gasteiger charge is -2.15. The highest BCUT2D eigenvalue weighted by Crippen LogP contribution is 2.11. The van der Waals surface area contributed by atoms with E-state index in [1.807, 2.05) is 0 Å². The zero-order valence-electron chi connectivity index (χ0n) is 10.6. The average Bonchev–Trinajstić information content (AvgIpc) is 2.26. The van der Waals surface area contributed by atoms with Gasteiger partial charge in [-0.15, -0.1) is 12.4 Å². The number of nitrogens with two attached hydrogens (primary N) is 1. The van der Waals surface area contributed by atoms with Crippen LogP contribution in [0.25, 0.3) is 0 Å². The number of nitrogens with one attached hydrogen (secondary N) is 1. The maximum absolute atomic E-state index is 11.3. The molecule has 0 rings (SSSR count). The van der Waals surface area contributed by atoms with E-state index in [1.54, 1.807) is 0 Å². The second kappa shape index (κ2) is 12.8. The molecule has 1 unspecified atom stereocenters. The summed E-state index contributed by atoms with van der Waals surface area (Å²) in [7, 11) is 0. The van der Waals surface area contributed by atoms with Crippen LogP contribution in [-0.2, 0) is 4.79 Å². The van der Waals surface area contributed by atoms with E-state index in [-0.39, 0.29) is 18.3 Å². The van der Waals surface area contributed by atoms with Gasteiger partial charge in [0.05, 0.1) is 0 Å². The molecule has 3 N–H and O–H groups in total. The van der Waals surface area contributed by atoms with Gasteiger partial charge in [0.1, 0.15) is 0 Å². The Labute approximate surface area is 106 Å². The van der Waals surface area contributed by atoms with E-state index in [0.717, 1.165) is 19.4 Å². The van der Waals surface area contributed by atoms with Gasteiger partial charge in [-0.2, -0.15) is 0 Å². The Kier molecular flexibility index (Phi) is 14.5. The summed E-state index contributed by atoms with van der Waals surface area (Å²) >= 11 is 0. The predicted molar refractivity (Wildman–Crippen MR) is 71.9 cm³/mol. The van der Waals surface area contributed by atoms with E-state index in [4.69, 9.17) is 5.73 Å². The third-order valence-corrected chi connectivity index (χ3v) is 2.74. The first kappa shape index (κ1) is 18.1. The van der Waals surface area contributed by atoms with Crippen LogP contribution in [0.5, 0.6) is 0 Å². The fraction of sp³-hybridized carbons (Fsp3) is 0.917. The number of rotatable bonds is 9. The van der Waals surface area contributed by atoms with Crippen molar-refractivity contribution in [1.82, 2.24) is 5.32 Å². The highest BCUT2D eigenvalue weighted by molar-refractivity contribution is 5.85. The van der Waals surface area contributed by atoms with Crippen molar-refractivity contribution in [3.8, 4) is 0 Å². The van der Waals surface area contributed by atoms with Crippen LogP contribution in [0.3, 0.4) is 0 Å². The van der Waals surface area contributed by atoms with Gasteiger partial charge < -0.3 is 11.1 Å². The lowest BCUT2D eigenvalue weighted by atomic mass is 9.99. The summed E-state index contributed by atoms with van der Waals surface area (Å²) in [4.78, 5) is 11.3. The first-order chi connectivity index (χ1) is 7.24. The van der Waals surface area contributed by atoms with Crippen molar-refractivity contribution in [3.05, 3.63) is 0 Å². The van der Waals surface area contributed by atoms with Gasteiger partial charge in [0.15, 0.2) is 0 Å². The summed E-state index contributed by atoms with van der Waals surface area (Å²) in [6.45, 7) is 5.82. The fourth-order valence-corrected chi connectivity index (χ4v) is 1.55. The van der Waals surface area contributed by atoms with E-state index < -0.39 is 0 Å². The van der Waals surface area contributed by atoms with E-state index >= 15 is 0 Å². The summed E-state index contributed by atoms with van der Waals surface area (Å²) in [6, 6.07) is 0. The van der Waals surface area contributed by atoms with Crippen molar-refractivity contribution in [2.75, 3.05) is 13.1 Å². The summed E-state index contributed by atoms with van der Waals surface area (Å²) < 4.78 is 0. The first-order valence-electron chi connectivity index (χ1n) is 6.21. The van der Waals surface area contributed by atoms with Gasteiger partial charge in [-0.25, -0.2) is 0 Å². The van der Waals surface area contributed by atoms with Crippen LogP contribution < -0.4 is 11.1 Å². The maximum atomic E-state index is 11.3. The summed E-state index contributed by atoms with van der Waals surface area (Å²) in [5, 5.41) is 2.98. The smallest absolute Gasteiger partial charge is 0.220 e. The van der Waals surface area contributed by atoms with Gasteiger partial charge in [0.2, 0.25) is 5.91 Å². The normalized spacial score (nSPS) is 11.7. The van der Waals surface area contributed by atoms with Crippen molar-refractivity contribution in [3.63, 3.8) is 0 Å². The molecule has 0 fully saturated rings. The van der Waals surface area contributed by atoms with Gasteiger partial charge in [-0.05, 0) is 25.3 Å². The molecule has 98 valence electrons. The number of hydrogen-bond acceptors (Lipinski definition) is 2. The Morgan fingerprint density at radius 3 is 2.50 bits per heavy atom. The number of hydrogen-bond donors (Lipinski definition) is 2. The highest BCUT2D eigenvalue weighted by Gasteiger charge is 2.07. The molecule has 0 spiro atoms. The molecule has 0 saturated heterocycles. The Balaban J connectivity index is 0. The van der Waals surface area contributed by atoms with Gasteiger partial charge in [-0.1, -0.05) is 33.1 Å². The Hall–Kier alpha value is -0.280. The highest BCUT2D eigenvalue weighted by atomic mass is 35.5. The topological polar surface area (TPSA) is 55.1 Å². The molecule has 0 radical (unpaired) electrons. The van der Waals surface area contributed by atoms with Gasteiger partial charge >= 0.3 is 0 Å². The zero-order chi connectivity index (χ0) is 11.5. The second-order valence-electron chi connectivity index (χ2n) is 4.11. The van der Waals surface area contributed by atoms with Crippen LogP contribution in [0.2, 0.25) is 0 Å². The molecule has 0 heterocycles. The lowest BCUT2D eigenvalue weighted by Crippen LogP contribution is -2.29. The molecule has 4 heteroatoms. The molecule has 0 saturated carbocycles. The molecule has 0 aromatic carbocycles. The van der Waals surface area contributed by atoms with Crippen LogP contribution >= 0.6 is 12.4 Å². The molecule has 16 heavy (non-hydrogen) atoms. The van der Waals surface area contributed by atoms with E-state index in [1.165, 1.54) is 19.3 Å². The standard InChI is InChI=1S/C12H26N2O.ClH/c1-3-5-7-11(4-2)10-14-12(15)8-6-9-13;/h11H,3-10,13H2,1-2H3,(H,14,15);1H. The molecular weight excluding hydrogens is 224 g/mol. The molecule has 1 atom stereocenters. The van der Waals surface area contributed by atoms with Crippen LogP contribution in [-0.4, -0.2) is 19.0 Å². The Bertz CT molecular complexity index is 165. The number of carbonyl (C=O) groups excluding carboxylic acids is 1. The van der Waals surface area contributed by atoms with Crippen LogP contribution in [0.4, 0.5) is 0 Å². The number of halogens is 1. The van der Waals surface area contributed by atoms with E-state index in [0.29, 0.717) is 18.9 Å². The van der Waals surface area contributed by atoms with Crippen molar-refractivity contribution in [2.24, 2.45) is 11.7 Å². The van der Waals surface area contributed by atoms with E-state index in [9.17, 15) is 4.79 Å². The SMILES string of the molecule is CCCCC(CC)CNC(=O)CCCN.Cl. The minimum atomic E-state index is 0. The minimum Gasteiger partial charge on any atom is -0.356 e. The fourth-order valence-electron chi connectivity index (χ4n) is 1.55. The average molecular weight is 251 g/mol. The summed E-state index contributed by atoms with van der Waals surface area (Å²) in [5.74, 6) is 0.794. The van der Waals surface area contributed by atoms with Crippen molar-refractivity contribution in [1.29, 1.82) is 0 Å². The van der Waals surface area contributed by atoms with E-state index in [2.05, 4.69) is 19.2 Å². The molecule has 0 aliphatic carbocycles. The lowest BCUT2D eigenvalue weighted by molar-refractivity contribution is -0.121. The molecule has 0 aliphatic rings. The molecular formula is C12H27ClN2O. The second-order valence-corrected chi connectivity index (χ2v) is 4.11. The first-order valence-corrected chi connectivity index (χ1v) is 6.21. The van der Waals surface area contributed by atoms with Gasteiger partial charge in [-0.3, -0.25) is 4.79 Å². The summed E-state index contributed by atoms with van der Waals surface area (Å²) in [5.41, 5.74) is 5.34. The van der Waals surface area contributed by atoms with Gasteiger partial charge in [0.25, 0.3) is 0 Å². The zero-order valence-corrected chi connectivity index (χ0v) is 11.4. The number of unbranched alkanes of at least 4 members (excludes halogenated alkanes) is 1. The Morgan fingerprint density at radius 2 is 2.00 bits per heavy atom. The molecule has 3 nitrogen and oxygen atoms in total. The maximum Gasteiger partial charge on any atom is 0.220 e. The Morgan fingerprint density at radius 1 is 1.31 bits per heavy atom. The third-order valence-electron chi connectivity index (χ3n) is 2.74. The molecule has 0 aromatic heterocycles. The number of amides is 1. The molecule has 0 bridgehead atoms. The quantitative estimate of drug-likeness (QED) is 0.661. The third kappa shape index (κ3) is 10.2. The monoisotopic (exact) mass is 250 g/mol. The molecule has 1 amide bonds. The van der Waals surface area contributed by atoms with Crippen molar-refractivity contribution >= 4 is 18.3 Å². The minimum absolute atomic E-state index is 0.